The van der Waals surface area contributed by atoms with Gasteiger partial charge < -0.3 is 20.5 Å². The van der Waals surface area contributed by atoms with Crippen LogP contribution in [-0.4, -0.2) is 120 Å². The van der Waals surface area contributed by atoms with E-state index in [1.165, 1.54) is 35.6 Å². The summed E-state index contributed by atoms with van der Waals surface area (Å²) in [5, 5.41) is 51.0. The molecule has 0 spiro atoms. The molecule has 8 N–H and O–H groups in total. The highest BCUT2D eigenvalue weighted by Gasteiger charge is 2.28. The fraction of sp³-hybridized carbons (Fsp3) is 0.196. The van der Waals surface area contributed by atoms with Gasteiger partial charge in [-0.15, -0.1) is 42.4 Å². The molecule has 440 valence electrons. The van der Waals surface area contributed by atoms with E-state index in [2.05, 4.69) is 57.4 Å². The molecule has 0 aliphatic carbocycles. The molecule has 0 radical (unpaired) electrons. The number of hydrogen-bond acceptors (Lipinski definition) is 25. The number of amides is 2. The van der Waals surface area contributed by atoms with Crippen molar-refractivity contribution < 1.29 is 84.3 Å². The predicted molar refractivity (Wildman–Crippen MR) is 303 cm³/mol. The number of hydrogen-bond donors (Lipinski definition) is 8. The largest absolute Gasteiger partial charge is 0.493 e. The number of azo groups is 3. The molecule has 0 unspecified atom stereocenters. The summed E-state index contributed by atoms with van der Waals surface area (Å²) in [6, 6.07) is 15.4. The number of carbonyl (C=O) groups excluding carboxylic acids is 2. The predicted octanol–water partition coefficient (Wildman–Crippen LogP) is 9.07. The molecule has 31 nitrogen and oxygen atoms in total. The van der Waals surface area contributed by atoms with Crippen molar-refractivity contribution in [3.05, 3.63) is 77.9 Å². The molecule has 38 heteroatoms. The van der Waals surface area contributed by atoms with Gasteiger partial charge in [-0.25, -0.2) is 9.97 Å². The van der Waals surface area contributed by atoms with Crippen molar-refractivity contribution in [2.75, 3.05) is 34.5 Å². The minimum atomic E-state index is -5.36. The lowest BCUT2D eigenvalue weighted by Gasteiger charge is -2.14. The van der Waals surface area contributed by atoms with Crippen LogP contribution in [-0.2, 0) is 60.2 Å². The van der Waals surface area contributed by atoms with Crippen LogP contribution in [0.15, 0.2) is 117 Å². The number of ether oxygens (including phenoxy) is 1. The van der Waals surface area contributed by atoms with E-state index in [0.29, 0.717) is 34.5 Å². The fourth-order valence-electron chi connectivity index (χ4n) is 8.02. The Bertz CT molecular complexity index is 4830. The molecular weight excluding hydrogens is 1250 g/mol. The number of para-hydroxylation sites is 2. The van der Waals surface area contributed by atoms with Crippen LogP contribution in [0.4, 0.5) is 44.9 Å². The number of thiazole rings is 1. The number of nitrogens with zero attached hydrogens (tertiary/aromatic N) is 10. The first-order valence-corrected chi connectivity index (χ1v) is 32.7. The quantitative estimate of drug-likeness (QED) is 0.0144. The Hall–Kier alpha value is -8.07. The number of thioether (sulfide) groups is 1. The minimum Gasteiger partial charge on any atom is -0.493 e. The third kappa shape index (κ3) is 14.3. The first kappa shape index (κ1) is 62.0. The number of nitrogens with one attached hydrogen (secondary N) is 2. The maximum atomic E-state index is 12.7. The van der Waals surface area contributed by atoms with Crippen molar-refractivity contribution in [3.8, 4) is 17.7 Å². The van der Waals surface area contributed by atoms with E-state index in [1.807, 2.05) is 0 Å². The van der Waals surface area contributed by atoms with E-state index in [9.17, 15) is 84.8 Å². The molecule has 0 saturated heterocycles. The lowest BCUT2D eigenvalue weighted by atomic mass is 10.1. The molecule has 8 aromatic rings. The van der Waals surface area contributed by atoms with E-state index in [4.69, 9.17) is 4.74 Å². The van der Waals surface area contributed by atoms with E-state index in [1.54, 1.807) is 24.3 Å². The third-order valence-electron chi connectivity index (χ3n) is 11.5. The number of fused-ring (bicyclic) bond motifs is 6. The first-order chi connectivity index (χ1) is 39.2. The molecule has 0 saturated carbocycles. The minimum absolute atomic E-state index is 0.0456. The standard InChI is InChI=1S/C46H40N12O19S7/c1-22-28(21-47)44-50-29-8-4-5-9-36(29)58(44)45(61)41(22)56-54-34-17-30(48-23(2)59)32(19-37(34)77-10-6-12-80(62,63)64)52-55-35-18-31(49-24(3)60)33(20-38(35)78-11-7-13-81(65,66)67)53-57-46-51-42-40(84(74,75)76)16-26-27(43(42)79-46)14-25(82(68,69)70)15-39(26)83(71,72)73/h4-5,8-9,14-20,61H,6-7,10-13H2,1-3H3,(H,48,59)(H,49,60)(H,62,63,64)(H,65,66,67)(H,68,69,70)(H,71,72,73)(H,74,75,76). The van der Waals surface area contributed by atoms with Gasteiger partial charge in [-0.1, -0.05) is 23.5 Å². The molecular formula is C46H40N12O19S7. The molecule has 0 bridgehead atoms. The number of imidazole rings is 1. The van der Waals surface area contributed by atoms with Crippen molar-refractivity contribution in [1.29, 1.82) is 5.26 Å². The van der Waals surface area contributed by atoms with E-state index in [-0.39, 0.29) is 97.1 Å². The normalized spacial score (nSPS) is 12.8. The van der Waals surface area contributed by atoms with Crippen molar-refractivity contribution in [3.63, 3.8) is 0 Å². The number of carbonyl (C=O) groups is 2. The van der Waals surface area contributed by atoms with Crippen molar-refractivity contribution in [2.24, 2.45) is 30.7 Å². The Morgan fingerprint density at radius 3 is 1.92 bits per heavy atom. The van der Waals surface area contributed by atoms with Gasteiger partial charge in [0.15, 0.2) is 11.3 Å². The van der Waals surface area contributed by atoms with Gasteiger partial charge in [-0.3, -0.25) is 36.8 Å². The molecule has 2 amide bonds. The van der Waals surface area contributed by atoms with Crippen molar-refractivity contribution in [2.45, 2.75) is 53.2 Å². The maximum absolute atomic E-state index is 12.7. The van der Waals surface area contributed by atoms with Gasteiger partial charge in [0.2, 0.25) is 22.8 Å². The average molecular weight is 1290 g/mol. The highest BCUT2D eigenvalue weighted by molar-refractivity contribution is 7.99. The number of anilines is 2. The van der Waals surface area contributed by atoms with Crippen LogP contribution in [0, 0.1) is 18.3 Å². The molecule has 0 aliphatic rings. The molecule has 5 aromatic carbocycles. The summed E-state index contributed by atoms with van der Waals surface area (Å²) < 4.78 is 177. The second kappa shape index (κ2) is 23.9. The summed E-state index contributed by atoms with van der Waals surface area (Å²) in [6.07, 6.45) is -0.415. The van der Waals surface area contributed by atoms with Crippen LogP contribution in [0.25, 0.3) is 37.7 Å². The smallest absolute Gasteiger partial charge is 0.296 e. The zero-order valence-electron chi connectivity index (χ0n) is 42.9. The summed E-state index contributed by atoms with van der Waals surface area (Å²) in [5.41, 5.74) is -0.501. The Morgan fingerprint density at radius 2 is 1.30 bits per heavy atom. The zero-order chi connectivity index (χ0) is 61.4. The van der Waals surface area contributed by atoms with Crippen LogP contribution >= 0.6 is 23.1 Å². The van der Waals surface area contributed by atoms with Crippen LogP contribution in [0.2, 0.25) is 0 Å². The van der Waals surface area contributed by atoms with Crippen LogP contribution < -0.4 is 15.4 Å². The van der Waals surface area contributed by atoms with Gasteiger partial charge in [-0.05, 0) is 74.0 Å². The number of aromatic nitrogens is 3. The molecule has 84 heavy (non-hydrogen) atoms. The summed E-state index contributed by atoms with van der Waals surface area (Å²) in [5.74, 6) is -3.47. The molecule has 8 rings (SSSR count). The van der Waals surface area contributed by atoms with E-state index < -0.39 is 116 Å². The molecule has 0 fully saturated rings. The molecule has 0 aliphatic heterocycles. The van der Waals surface area contributed by atoms with Crippen LogP contribution in [0.3, 0.4) is 0 Å². The van der Waals surface area contributed by atoms with Gasteiger partial charge in [0.25, 0.3) is 50.6 Å². The van der Waals surface area contributed by atoms with Gasteiger partial charge in [0.1, 0.15) is 55.4 Å². The SMILES string of the molecule is CC(=O)Nc1cc(N=Nc2cc(OCCCS(=O)(=O)O)c(N=Nc3c(C)c(C#N)c4nc5ccccc5n4c3O)cc2NC(C)=O)c(SCCCS(=O)(=O)O)cc1N=Nc1nc2c(S(=O)(=O)O)cc3c(S(=O)(=O)O)cc(S(=O)(=O)O)cc3c2s1. The average Bonchev–Trinajstić information content (AvgIpc) is 1.48. The number of rotatable bonds is 21. The Morgan fingerprint density at radius 1 is 0.702 bits per heavy atom. The van der Waals surface area contributed by atoms with Gasteiger partial charge in [0.05, 0.1) is 50.1 Å². The molecule has 3 heterocycles. The first-order valence-electron chi connectivity index (χ1n) is 23.4. The molecule has 0 atom stereocenters. The summed E-state index contributed by atoms with van der Waals surface area (Å²) in [7, 11) is -24.7. The van der Waals surface area contributed by atoms with Crippen LogP contribution in [0.1, 0.15) is 37.8 Å². The molecule has 3 aromatic heterocycles. The number of nitriles is 1. The fourth-order valence-corrected chi connectivity index (χ4v) is 13.1. The highest BCUT2D eigenvalue weighted by atomic mass is 32.2. The summed E-state index contributed by atoms with van der Waals surface area (Å²) in [6.45, 7) is 3.37. The highest BCUT2D eigenvalue weighted by Crippen LogP contribution is 2.46. The maximum Gasteiger partial charge on any atom is 0.296 e. The number of benzene rings is 5. The van der Waals surface area contributed by atoms with Gasteiger partial charge >= 0.3 is 0 Å². The monoisotopic (exact) mass is 1290 g/mol. The summed E-state index contributed by atoms with van der Waals surface area (Å²) in [4.78, 5) is 30.9. The second-order valence-corrected chi connectivity index (χ2v) is 27.1. The topological polar surface area (TPSA) is 488 Å². The van der Waals surface area contributed by atoms with Gasteiger partial charge in [0, 0.05) is 41.1 Å². The van der Waals surface area contributed by atoms with Gasteiger partial charge in [-0.2, -0.15) is 47.4 Å². The Balaban J connectivity index is 1.27. The van der Waals surface area contributed by atoms with Crippen molar-refractivity contribution >= 4 is 168 Å². The van der Waals surface area contributed by atoms with E-state index >= 15 is 0 Å². The summed E-state index contributed by atoms with van der Waals surface area (Å²) >= 11 is 1.39. The Labute approximate surface area is 483 Å². The zero-order valence-corrected chi connectivity index (χ0v) is 48.6. The van der Waals surface area contributed by atoms with Crippen LogP contribution in [0.5, 0.6) is 11.6 Å². The Kier molecular flexibility index (Phi) is 17.6. The van der Waals surface area contributed by atoms with Crippen molar-refractivity contribution in [1.82, 2.24) is 14.4 Å². The lowest BCUT2D eigenvalue weighted by Crippen LogP contribution is -2.09. The third-order valence-corrected chi connectivity index (χ3v) is 17.8. The second-order valence-electron chi connectivity index (χ2n) is 17.6. The van der Waals surface area contributed by atoms with E-state index in [0.717, 1.165) is 31.7 Å². The lowest BCUT2D eigenvalue weighted by molar-refractivity contribution is -0.115. The number of aromatic hydroxyl groups is 1. The number of pyridine rings is 1.